The number of tetrazole rings is 1. The average Bonchev–Trinajstić information content (AvgIpc) is 2.69. The van der Waals surface area contributed by atoms with E-state index >= 15 is 0 Å². The molecule has 0 bridgehead atoms. The van der Waals surface area contributed by atoms with E-state index in [1.807, 2.05) is 0 Å². The van der Waals surface area contributed by atoms with Gasteiger partial charge >= 0.3 is 10.5 Å². The number of rotatable bonds is 3. The fourth-order valence-electron chi connectivity index (χ4n) is 1.05. The van der Waals surface area contributed by atoms with Gasteiger partial charge in [0.2, 0.25) is 0 Å². The SMILES string of the molecule is O=S(=O)(F)Oc1ccc(-n2cnnn2)cc1. The first-order valence-corrected chi connectivity index (χ1v) is 5.33. The first-order chi connectivity index (χ1) is 7.54. The summed E-state index contributed by atoms with van der Waals surface area (Å²) in [5, 5.41) is 10.5. The largest absolute Gasteiger partial charge is 0.488 e. The highest BCUT2D eigenvalue weighted by molar-refractivity contribution is 7.81. The van der Waals surface area contributed by atoms with E-state index in [0.717, 1.165) is 0 Å². The molecule has 0 aliphatic carbocycles. The summed E-state index contributed by atoms with van der Waals surface area (Å²) in [7, 11) is -4.99. The molecule has 0 N–H and O–H groups in total. The number of nitrogens with zero attached hydrogens (tertiary/aromatic N) is 4. The van der Waals surface area contributed by atoms with Gasteiger partial charge in [0.15, 0.2) is 0 Å². The maximum Gasteiger partial charge on any atom is 0.488 e. The van der Waals surface area contributed by atoms with E-state index in [9.17, 15) is 12.3 Å². The molecule has 0 amide bonds. The van der Waals surface area contributed by atoms with Gasteiger partial charge < -0.3 is 4.18 Å². The fourth-order valence-corrected chi connectivity index (χ4v) is 1.39. The van der Waals surface area contributed by atoms with E-state index in [1.54, 1.807) is 0 Å². The molecule has 0 fully saturated rings. The smallest absolute Gasteiger partial charge is 0.358 e. The molecule has 0 atom stereocenters. The summed E-state index contributed by atoms with van der Waals surface area (Å²) in [5.74, 6) is -0.126. The zero-order valence-electron chi connectivity index (χ0n) is 7.69. The third kappa shape index (κ3) is 2.51. The van der Waals surface area contributed by atoms with E-state index in [1.165, 1.54) is 35.3 Å². The van der Waals surface area contributed by atoms with Crippen LogP contribution in [-0.2, 0) is 10.5 Å². The molecule has 0 unspecified atom stereocenters. The highest BCUT2D eigenvalue weighted by atomic mass is 32.3. The monoisotopic (exact) mass is 244 g/mol. The van der Waals surface area contributed by atoms with Crippen molar-refractivity contribution in [2.75, 3.05) is 0 Å². The Labute approximate surface area is 89.9 Å². The zero-order chi connectivity index (χ0) is 11.6. The van der Waals surface area contributed by atoms with Crippen molar-refractivity contribution in [2.24, 2.45) is 0 Å². The topological polar surface area (TPSA) is 87.0 Å². The molecule has 1 heterocycles. The van der Waals surface area contributed by atoms with Crippen molar-refractivity contribution in [3.63, 3.8) is 0 Å². The fraction of sp³-hybridized carbons (Fsp3) is 0. The molecule has 9 heteroatoms. The molecular weight excluding hydrogens is 239 g/mol. The third-order valence-corrected chi connectivity index (χ3v) is 2.04. The second-order valence-corrected chi connectivity index (χ2v) is 3.68. The van der Waals surface area contributed by atoms with Crippen molar-refractivity contribution in [3.8, 4) is 11.4 Å². The number of aromatic nitrogens is 4. The summed E-state index contributed by atoms with van der Waals surface area (Å²) in [4.78, 5) is 0. The van der Waals surface area contributed by atoms with Crippen LogP contribution < -0.4 is 4.18 Å². The highest BCUT2D eigenvalue weighted by Gasteiger charge is 2.09. The zero-order valence-corrected chi connectivity index (χ0v) is 8.50. The Bertz CT molecular complexity index is 566. The molecule has 1 aromatic heterocycles. The van der Waals surface area contributed by atoms with Crippen LogP contribution in [-0.4, -0.2) is 28.6 Å². The molecule has 2 rings (SSSR count). The van der Waals surface area contributed by atoms with Crippen molar-refractivity contribution in [3.05, 3.63) is 30.6 Å². The van der Waals surface area contributed by atoms with Crippen LogP contribution in [0.2, 0.25) is 0 Å². The van der Waals surface area contributed by atoms with Crippen LogP contribution in [0.1, 0.15) is 0 Å². The van der Waals surface area contributed by atoms with Crippen LogP contribution in [0.15, 0.2) is 30.6 Å². The average molecular weight is 244 g/mol. The molecule has 1 aromatic carbocycles. The molecule has 84 valence electrons. The van der Waals surface area contributed by atoms with Gasteiger partial charge in [-0.05, 0) is 34.7 Å². The van der Waals surface area contributed by atoms with Crippen LogP contribution in [0, 0.1) is 0 Å². The Morgan fingerprint density at radius 3 is 2.44 bits per heavy atom. The Hall–Kier alpha value is -2.03. The van der Waals surface area contributed by atoms with Crippen molar-refractivity contribution in [1.82, 2.24) is 20.2 Å². The van der Waals surface area contributed by atoms with Gasteiger partial charge in [-0.15, -0.1) is 5.10 Å². The van der Waals surface area contributed by atoms with Crippen molar-refractivity contribution >= 4 is 10.5 Å². The van der Waals surface area contributed by atoms with Gasteiger partial charge in [-0.25, -0.2) is 4.68 Å². The number of halogens is 1. The van der Waals surface area contributed by atoms with Crippen LogP contribution in [0.4, 0.5) is 3.89 Å². The second-order valence-electron chi connectivity index (χ2n) is 2.72. The van der Waals surface area contributed by atoms with Crippen molar-refractivity contribution < 1.29 is 16.5 Å². The molecule has 2 aromatic rings. The third-order valence-electron chi connectivity index (χ3n) is 1.65. The van der Waals surface area contributed by atoms with Gasteiger partial charge in [0.25, 0.3) is 0 Å². The summed E-state index contributed by atoms with van der Waals surface area (Å²) < 4.78 is 37.9. The summed E-state index contributed by atoms with van der Waals surface area (Å²) in [6.07, 6.45) is 1.36. The van der Waals surface area contributed by atoms with Crippen LogP contribution in [0.25, 0.3) is 5.69 Å². The summed E-state index contributed by atoms with van der Waals surface area (Å²) in [5.41, 5.74) is 0.591. The minimum absolute atomic E-state index is 0.126. The van der Waals surface area contributed by atoms with Gasteiger partial charge in [-0.3, -0.25) is 0 Å². The van der Waals surface area contributed by atoms with E-state index in [0.29, 0.717) is 5.69 Å². The predicted octanol–water partition coefficient (Wildman–Crippen LogP) is 0.255. The van der Waals surface area contributed by atoms with Crippen LogP contribution in [0.3, 0.4) is 0 Å². The molecule has 0 radical (unpaired) electrons. The molecule has 0 aliphatic heterocycles. The lowest BCUT2D eigenvalue weighted by Gasteiger charge is -2.01. The van der Waals surface area contributed by atoms with E-state index in [4.69, 9.17) is 0 Å². The van der Waals surface area contributed by atoms with Crippen molar-refractivity contribution in [2.45, 2.75) is 0 Å². The molecule has 0 saturated heterocycles. The Morgan fingerprint density at radius 1 is 1.25 bits per heavy atom. The highest BCUT2D eigenvalue weighted by Crippen LogP contribution is 2.16. The van der Waals surface area contributed by atoms with Crippen molar-refractivity contribution in [1.29, 1.82) is 0 Å². The predicted molar refractivity (Wildman–Crippen MR) is 49.8 cm³/mol. The van der Waals surface area contributed by atoms with E-state index in [2.05, 4.69) is 19.7 Å². The number of hydrogen-bond donors (Lipinski definition) is 0. The first kappa shape index (κ1) is 10.5. The molecular formula is C7H5FN4O3S. The van der Waals surface area contributed by atoms with E-state index < -0.39 is 10.5 Å². The number of hydrogen-bond acceptors (Lipinski definition) is 6. The lowest BCUT2D eigenvalue weighted by Crippen LogP contribution is -2.01. The van der Waals surface area contributed by atoms with Crippen LogP contribution >= 0.6 is 0 Å². The molecule has 7 nitrogen and oxygen atoms in total. The summed E-state index contributed by atoms with van der Waals surface area (Å²) in [6, 6.07) is 5.54. The Kier molecular flexibility index (Phi) is 2.52. The second kappa shape index (κ2) is 3.85. The van der Waals surface area contributed by atoms with E-state index in [-0.39, 0.29) is 5.75 Å². The Balaban J connectivity index is 2.24. The quantitative estimate of drug-likeness (QED) is 0.719. The number of benzene rings is 1. The van der Waals surface area contributed by atoms with Gasteiger partial charge in [0, 0.05) is 0 Å². The standard InChI is InChI=1S/C7H5FN4O3S/c8-16(13,14)15-7-3-1-6(2-4-7)12-5-9-10-11-12/h1-5H. The van der Waals surface area contributed by atoms with Gasteiger partial charge in [-0.1, -0.05) is 3.89 Å². The maximum atomic E-state index is 12.2. The maximum absolute atomic E-state index is 12.2. The molecule has 0 saturated carbocycles. The summed E-state index contributed by atoms with van der Waals surface area (Å²) >= 11 is 0. The molecule has 0 spiro atoms. The van der Waals surface area contributed by atoms with Gasteiger partial charge in [0.05, 0.1) is 5.69 Å². The molecule has 0 aliphatic rings. The first-order valence-electron chi connectivity index (χ1n) is 4.02. The Morgan fingerprint density at radius 2 is 1.94 bits per heavy atom. The normalized spacial score (nSPS) is 11.3. The molecule has 16 heavy (non-hydrogen) atoms. The lowest BCUT2D eigenvalue weighted by molar-refractivity contribution is 0.440. The van der Waals surface area contributed by atoms with Gasteiger partial charge in [0.1, 0.15) is 12.1 Å². The minimum atomic E-state index is -4.99. The van der Waals surface area contributed by atoms with Crippen LogP contribution in [0.5, 0.6) is 5.75 Å². The summed E-state index contributed by atoms with van der Waals surface area (Å²) in [6.45, 7) is 0. The minimum Gasteiger partial charge on any atom is -0.358 e. The van der Waals surface area contributed by atoms with Gasteiger partial charge in [-0.2, -0.15) is 8.42 Å². The lowest BCUT2D eigenvalue weighted by atomic mass is 10.3.